The van der Waals surface area contributed by atoms with Crippen LogP contribution in [0.25, 0.3) is 0 Å². The highest BCUT2D eigenvalue weighted by molar-refractivity contribution is 5.82. The maximum absolute atomic E-state index is 12.0. The molecule has 1 heterocycles. The quantitative estimate of drug-likeness (QED) is 0.521. The maximum Gasteiger partial charge on any atom is 0.305 e. The van der Waals surface area contributed by atoms with Gasteiger partial charge in [-0.25, -0.2) is 0 Å². The molecule has 1 unspecified atom stereocenters. The van der Waals surface area contributed by atoms with E-state index in [0.717, 1.165) is 20.8 Å². The zero-order valence-electron chi connectivity index (χ0n) is 12.8. The van der Waals surface area contributed by atoms with E-state index in [1.165, 1.54) is 0 Å². The highest BCUT2D eigenvalue weighted by atomic mass is 16.7. The lowest BCUT2D eigenvalue weighted by atomic mass is 10.1. The average Bonchev–Trinajstić information content (AvgIpc) is 2.67. The second-order valence-electron chi connectivity index (χ2n) is 4.58. The molecule has 0 aromatic carbocycles. The van der Waals surface area contributed by atoms with Gasteiger partial charge in [-0.15, -0.1) is 0 Å². The summed E-state index contributed by atoms with van der Waals surface area (Å²) < 4.78 is 20.2. The zero-order chi connectivity index (χ0) is 16.9. The number of hydrogen-bond donors (Lipinski definition) is 1. The van der Waals surface area contributed by atoms with Crippen molar-refractivity contribution < 1.29 is 38.1 Å². The molecule has 0 bridgehead atoms. The molecule has 9 heteroatoms. The Morgan fingerprint density at radius 2 is 1.41 bits per heavy atom. The summed E-state index contributed by atoms with van der Waals surface area (Å²) in [6.45, 7) is 5.42. The lowest BCUT2D eigenvalue weighted by Crippen LogP contribution is -2.46. The van der Waals surface area contributed by atoms with Gasteiger partial charge in [0.2, 0.25) is 12.4 Å². The van der Waals surface area contributed by atoms with Crippen molar-refractivity contribution in [2.24, 2.45) is 0 Å². The number of esters is 3. The van der Waals surface area contributed by atoms with Crippen molar-refractivity contribution in [3.05, 3.63) is 0 Å². The van der Waals surface area contributed by atoms with Crippen molar-refractivity contribution >= 4 is 23.8 Å². The van der Waals surface area contributed by atoms with Crippen molar-refractivity contribution in [2.75, 3.05) is 6.54 Å². The Morgan fingerprint density at radius 1 is 0.909 bits per heavy atom. The molecule has 0 aromatic rings. The molecule has 1 N–H and O–H groups in total. The molecule has 124 valence electrons. The van der Waals surface area contributed by atoms with Crippen molar-refractivity contribution in [1.82, 2.24) is 5.32 Å². The molecule has 0 spiro atoms. The van der Waals surface area contributed by atoms with Gasteiger partial charge in [-0.2, -0.15) is 0 Å². The minimum atomic E-state index is -1.33. The Bertz CT molecular complexity index is 463. The number of carbonyl (C=O) groups is 4. The van der Waals surface area contributed by atoms with Crippen molar-refractivity contribution in [1.29, 1.82) is 0 Å². The van der Waals surface area contributed by atoms with Crippen LogP contribution in [0.4, 0.5) is 0 Å². The van der Waals surface area contributed by atoms with Crippen molar-refractivity contribution in [3.8, 4) is 0 Å². The second-order valence-corrected chi connectivity index (χ2v) is 4.58. The highest BCUT2D eigenvalue weighted by Gasteiger charge is 2.53. The first-order valence-electron chi connectivity index (χ1n) is 6.71. The fourth-order valence-electron chi connectivity index (χ4n) is 2.01. The van der Waals surface area contributed by atoms with Crippen LogP contribution in [0, 0.1) is 0 Å². The predicted octanol–water partition coefficient (Wildman–Crippen LogP) is -0.726. The van der Waals surface area contributed by atoms with E-state index in [9.17, 15) is 19.2 Å². The third kappa shape index (κ3) is 4.69. The summed E-state index contributed by atoms with van der Waals surface area (Å²) in [6, 6.07) is 0. The van der Waals surface area contributed by atoms with E-state index in [1.54, 1.807) is 6.92 Å². The first-order valence-corrected chi connectivity index (χ1v) is 6.71. The molecular weight excluding hydrogens is 298 g/mol. The third-order valence-corrected chi connectivity index (χ3v) is 2.67. The first-order chi connectivity index (χ1) is 10.3. The minimum Gasteiger partial charge on any atom is -0.455 e. The van der Waals surface area contributed by atoms with Crippen LogP contribution in [0.15, 0.2) is 0 Å². The Kier molecular flexibility index (Phi) is 6.29. The molecular formula is C13H19NO8. The van der Waals surface area contributed by atoms with Crippen LogP contribution in [0.1, 0.15) is 27.7 Å². The molecule has 1 fully saturated rings. The molecule has 1 aliphatic rings. The zero-order valence-corrected chi connectivity index (χ0v) is 12.8. The van der Waals surface area contributed by atoms with E-state index in [4.69, 9.17) is 18.9 Å². The molecule has 1 rings (SSSR count). The summed E-state index contributed by atoms with van der Waals surface area (Å²) in [5.41, 5.74) is 0. The van der Waals surface area contributed by atoms with Gasteiger partial charge in [0.1, 0.15) is 0 Å². The summed E-state index contributed by atoms with van der Waals surface area (Å²) in [6.07, 6.45) is -5.02. The van der Waals surface area contributed by atoms with Gasteiger partial charge < -0.3 is 24.3 Å². The summed E-state index contributed by atoms with van der Waals surface area (Å²) in [5, 5.41) is 2.50. The van der Waals surface area contributed by atoms with Crippen LogP contribution in [0.2, 0.25) is 0 Å². The van der Waals surface area contributed by atoms with Crippen LogP contribution in [0.3, 0.4) is 0 Å². The lowest BCUT2D eigenvalue weighted by molar-refractivity contribution is -0.196. The summed E-state index contributed by atoms with van der Waals surface area (Å²) in [5.74, 6) is -2.65. The largest absolute Gasteiger partial charge is 0.455 e. The van der Waals surface area contributed by atoms with Crippen LogP contribution in [-0.2, 0) is 38.1 Å². The Hall–Kier alpha value is -2.16. The number of ether oxygens (including phenoxy) is 4. The van der Waals surface area contributed by atoms with E-state index in [-0.39, 0.29) is 0 Å². The second kappa shape index (κ2) is 7.74. The predicted molar refractivity (Wildman–Crippen MR) is 70.2 cm³/mol. The Labute approximate surface area is 127 Å². The van der Waals surface area contributed by atoms with Gasteiger partial charge in [0.15, 0.2) is 12.2 Å². The van der Waals surface area contributed by atoms with Crippen LogP contribution in [0.5, 0.6) is 0 Å². The van der Waals surface area contributed by atoms with E-state index >= 15 is 0 Å². The molecule has 1 saturated heterocycles. The van der Waals surface area contributed by atoms with E-state index in [0.29, 0.717) is 6.54 Å². The molecule has 4 atom stereocenters. The number of likely N-dealkylation sites (N-methyl/N-ethyl adjacent to an activating group) is 1. The molecule has 9 nitrogen and oxygen atoms in total. The van der Waals surface area contributed by atoms with Crippen molar-refractivity contribution in [3.63, 3.8) is 0 Å². The van der Waals surface area contributed by atoms with Gasteiger partial charge in [-0.3, -0.25) is 19.2 Å². The average molecular weight is 317 g/mol. The summed E-state index contributed by atoms with van der Waals surface area (Å²) >= 11 is 0. The lowest BCUT2D eigenvalue weighted by Gasteiger charge is -2.22. The fraction of sp³-hybridized carbons (Fsp3) is 0.692. The topological polar surface area (TPSA) is 117 Å². The molecule has 0 aromatic heterocycles. The molecule has 0 aliphatic carbocycles. The highest BCUT2D eigenvalue weighted by Crippen LogP contribution is 2.28. The van der Waals surface area contributed by atoms with Gasteiger partial charge >= 0.3 is 17.9 Å². The van der Waals surface area contributed by atoms with E-state index in [2.05, 4.69) is 5.32 Å². The minimum absolute atomic E-state index is 0.321. The van der Waals surface area contributed by atoms with Gasteiger partial charge in [0, 0.05) is 27.3 Å². The van der Waals surface area contributed by atoms with E-state index < -0.39 is 48.4 Å². The Balaban J connectivity index is 3.05. The van der Waals surface area contributed by atoms with Gasteiger partial charge in [0.25, 0.3) is 5.91 Å². The number of nitrogens with one attached hydrogen (secondary N) is 1. The smallest absolute Gasteiger partial charge is 0.305 e. The van der Waals surface area contributed by atoms with Gasteiger partial charge in [-0.05, 0) is 6.92 Å². The monoisotopic (exact) mass is 317 g/mol. The summed E-state index contributed by atoms with van der Waals surface area (Å²) in [4.78, 5) is 45.5. The number of carbonyl (C=O) groups excluding carboxylic acids is 4. The van der Waals surface area contributed by atoms with Crippen LogP contribution >= 0.6 is 0 Å². The summed E-state index contributed by atoms with van der Waals surface area (Å²) in [7, 11) is 0. The molecule has 1 aliphatic heterocycles. The molecule has 22 heavy (non-hydrogen) atoms. The molecule has 0 saturated carbocycles. The molecule has 1 amide bonds. The standard InChI is InChI=1S/C13H19NO8/c1-5-14-12(18)10-9(19-6(2)15)11(20-7(3)16)13(22-10)21-8(4)17/h9-11,13H,5H2,1-4H3,(H,14,18)/t9-,10+,11-,13?/m1/s1. The van der Waals surface area contributed by atoms with Crippen molar-refractivity contribution in [2.45, 2.75) is 52.3 Å². The number of hydrogen-bond acceptors (Lipinski definition) is 8. The SMILES string of the molecule is CCNC(=O)[C@H]1OC(OC(C)=O)[C@H](OC(C)=O)[C@@H]1OC(C)=O. The van der Waals surface area contributed by atoms with Crippen LogP contribution < -0.4 is 5.32 Å². The first kappa shape index (κ1) is 17.9. The van der Waals surface area contributed by atoms with Crippen LogP contribution in [-0.4, -0.2) is 55.0 Å². The maximum atomic E-state index is 12.0. The van der Waals surface area contributed by atoms with Gasteiger partial charge in [-0.1, -0.05) is 0 Å². The molecule has 0 radical (unpaired) electrons. The van der Waals surface area contributed by atoms with Gasteiger partial charge in [0.05, 0.1) is 0 Å². The number of rotatable bonds is 5. The Morgan fingerprint density at radius 3 is 1.86 bits per heavy atom. The normalized spacial score (nSPS) is 26.9. The third-order valence-electron chi connectivity index (χ3n) is 2.67. The number of amides is 1. The fourth-order valence-corrected chi connectivity index (χ4v) is 2.01. The van der Waals surface area contributed by atoms with E-state index in [1.807, 2.05) is 0 Å².